The fourth-order valence-electron chi connectivity index (χ4n) is 4.00. The van der Waals surface area contributed by atoms with Crippen LogP contribution in [-0.2, 0) is 10.2 Å². The second-order valence-corrected chi connectivity index (χ2v) is 9.49. The van der Waals surface area contributed by atoms with Crippen molar-refractivity contribution in [1.29, 1.82) is 0 Å². The van der Waals surface area contributed by atoms with E-state index in [1.165, 1.54) is 0 Å². The fraction of sp³-hybridized carbons (Fsp3) is 1.00. The molecule has 3 fully saturated rings. The van der Waals surface area contributed by atoms with Gasteiger partial charge in [0.05, 0.1) is 0 Å². The number of hydrogen-bond acceptors (Lipinski definition) is 4. The summed E-state index contributed by atoms with van der Waals surface area (Å²) in [6.07, 6.45) is 3.95. The van der Waals surface area contributed by atoms with E-state index >= 15 is 0 Å². The molecule has 0 amide bonds. The molecule has 7 heteroatoms. The highest BCUT2D eigenvalue weighted by atomic mass is 32.2. The fourth-order valence-corrected chi connectivity index (χ4v) is 5.68. The van der Waals surface area contributed by atoms with Gasteiger partial charge in [-0.3, -0.25) is 4.90 Å². The van der Waals surface area contributed by atoms with E-state index in [1.807, 2.05) is 0 Å². The first-order chi connectivity index (χ1) is 11.0. The van der Waals surface area contributed by atoms with Gasteiger partial charge in [-0.25, -0.2) is 0 Å². The van der Waals surface area contributed by atoms with Crippen LogP contribution in [0, 0.1) is 5.92 Å². The molecule has 0 aromatic rings. The lowest BCUT2D eigenvalue weighted by atomic mass is 10.0. The zero-order valence-electron chi connectivity index (χ0n) is 14.7. The van der Waals surface area contributed by atoms with Crippen LogP contribution in [0.2, 0.25) is 0 Å². The highest BCUT2D eigenvalue weighted by Crippen LogP contribution is 2.25. The second-order valence-electron chi connectivity index (χ2n) is 7.56. The van der Waals surface area contributed by atoms with Gasteiger partial charge in [0.2, 0.25) is 0 Å². The first kappa shape index (κ1) is 17.6. The van der Waals surface area contributed by atoms with Crippen molar-refractivity contribution in [3.63, 3.8) is 0 Å². The number of piperidine rings is 2. The molecule has 0 N–H and O–H groups in total. The van der Waals surface area contributed by atoms with Crippen LogP contribution in [0.1, 0.15) is 32.6 Å². The second kappa shape index (κ2) is 7.35. The van der Waals surface area contributed by atoms with Gasteiger partial charge in [-0.15, -0.1) is 0 Å². The molecule has 0 aromatic heterocycles. The van der Waals surface area contributed by atoms with Crippen molar-refractivity contribution in [3.8, 4) is 0 Å². The molecule has 3 saturated heterocycles. The maximum absolute atomic E-state index is 12.8. The Morgan fingerprint density at radius 3 is 1.74 bits per heavy atom. The smallest absolute Gasteiger partial charge is 0.281 e. The van der Waals surface area contributed by atoms with E-state index < -0.39 is 10.2 Å². The molecule has 0 radical (unpaired) electrons. The summed E-state index contributed by atoms with van der Waals surface area (Å²) in [5.41, 5.74) is 0. The van der Waals surface area contributed by atoms with Gasteiger partial charge >= 0.3 is 0 Å². The third-order valence-electron chi connectivity index (χ3n) is 5.87. The molecule has 0 spiro atoms. The van der Waals surface area contributed by atoms with Crippen LogP contribution >= 0.6 is 0 Å². The van der Waals surface area contributed by atoms with E-state index in [2.05, 4.69) is 23.8 Å². The van der Waals surface area contributed by atoms with Crippen molar-refractivity contribution in [2.75, 3.05) is 59.4 Å². The summed E-state index contributed by atoms with van der Waals surface area (Å²) in [5.74, 6) is 0.657. The van der Waals surface area contributed by atoms with Gasteiger partial charge in [-0.2, -0.15) is 17.0 Å². The quantitative estimate of drug-likeness (QED) is 0.755. The average Bonchev–Trinajstić information content (AvgIpc) is 2.56. The van der Waals surface area contributed by atoms with Crippen molar-refractivity contribution in [2.45, 2.75) is 38.6 Å². The van der Waals surface area contributed by atoms with Gasteiger partial charge in [0, 0.05) is 58.4 Å². The Balaban J connectivity index is 1.52. The molecule has 3 aliphatic heterocycles. The molecule has 0 aromatic carbocycles. The minimum absolute atomic E-state index is 0.566. The van der Waals surface area contributed by atoms with Crippen molar-refractivity contribution < 1.29 is 8.42 Å². The molecule has 3 heterocycles. The van der Waals surface area contributed by atoms with E-state index in [4.69, 9.17) is 0 Å². The summed E-state index contributed by atoms with van der Waals surface area (Å²) in [6.45, 7) is 9.48. The summed E-state index contributed by atoms with van der Waals surface area (Å²) < 4.78 is 29.1. The van der Waals surface area contributed by atoms with Gasteiger partial charge in [0.15, 0.2) is 0 Å². The zero-order chi connectivity index (χ0) is 16.4. The largest absolute Gasteiger partial charge is 0.304 e. The van der Waals surface area contributed by atoms with Gasteiger partial charge in [0.25, 0.3) is 10.2 Å². The van der Waals surface area contributed by atoms with Crippen LogP contribution in [-0.4, -0.2) is 92.3 Å². The van der Waals surface area contributed by atoms with E-state index in [9.17, 15) is 8.42 Å². The number of likely N-dealkylation sites (N-methyl/N-ethyl adjacent to an activating group) is 1. The average molecular weight is 345 g/mol. The minimum atomic E-state index is -3.23. The lowest BCUT2D eigenvalue weighted by Gasteiger charge is -2.42. The van der Waals surface area contributed by atoms with E-state index in [0.717, 1.165) is 51.9 Å². The number of rotatable bonds is 3. The molecule has 3 rings (SSSR count). The topological polar surface area (TPSA) is 47.1 Å². The molecule has 0 bridgehead atoms. The summed E-state index contributed by atoms with van der Waals surface area (Å²) in [7, 11) is -1.06. The van der Waals surface area contributed by atoms with Gasteiger partial charge < -0.3 is 4.90 Å². The lowest BCUT2D eigenvalue weighted by Crippen LogP contribution is -2.55. The van der Waals surface area contributed by atoms with Gasteiger partial charge in [-0.05, 0) is 38.6 Å². The highest BCUT2D eigenvalue weighted by molar-refractivity contribution is 7.86. The predicted molar refractivity (Wildman–Crippen MR) is 92.6 cm³/mol. The molecule has 3 aliphatic rings. The van der Waals surface area contributed by atoms with Crippen LogP contribution in [0.25, 0.3) is 0 Å². The molecular formula is C16H32N4O2S. The first-order valence-electron chi connectivity index (χ1n) is 9.14. The molecule has 0 atom stereocenters. The summed E-state index contributed by atoms with van der Waals surface area (Å²) in [5, 5.41) is 0. The van der Waals surface area contributed by atoms with Crippen LogP contribution in [0.5, 0.6) is 0 Å². The molecule has 0 aliphatic carbocycles. The summed E-state index contributed by atoms with van der Waals surface area (Å²) in [6, 6.07) is 0.566. The van der Waals surface area contributed by atoms with Crippen LogP contribution < -0.4 is 0 Å². The maximum atomic E-state index is 12.8. The normalized spacial score (nSPS) is 29.1. The predicted octanol–water partition coefficient (Wildman–Crippen LogP) is 0.675. The van der Waals surface area contributed by atoms with Crippen LogP contribution in [0.4, 0.5) is 0 Å². The van der Waals surface area contributed by atoms with E-state index in [-0.39, 0.29) is 0 Å². The molecule has 6 nitrogen and oxygen atoms in total. The molecule has 0 saturated carbocycles. The minimum Gasteiger partial charge on any atom is -0.304 e. The first-order valence-corrected chi connectivity index (χ1v) is 10.5. The Bertz CT molecular complexity index is 474. The van der Waals surface area contributed by atoms with Gasteiger partial charge in [-0.1, -0.05) is 6.92 Å². The summed E-state index contributed by atoms with van der Waals surface area (Å²) in [4.78, 5) is 4.93. The summed E-state index contributed by atoms with van der Waals surface area (Å²) >= 11 is 0. The third kappa shape index (κ3) is 4.07. The molecule has 23 heavy (non-hydrogen) atoms. The highest BCUT2D eigenvalue weighted by Gasteiger charge is 2.36. The zero-order valence-corrected chi connectivity index (χ0v) is 15.5. The monoisotopic (exact) mass is 344 g/mol. The third-order valence-corrected chi connectivity index (χ3v) is 7.91. The Morgan fingerprint density at radius 2 is 1.22 bits per heavy atom. The van der Waals surface area contributed by atoms with Crippen LogP contribution in [0.3, 0.4) is 0 Å². The lowest BCUT2D eigenvalue weighted by molar-refractivity contribution is 0.0822. The Hall–Kier alpha value is -0.210. The number of piperazine rings is 1. The number of hydrogen-bond donors (Lipinski definition) is 0. The molecular weight excluding hydrogens is 312 g/mol. The molecule has 0 unspecified atom stereocenters. The van der Waals surface area contributed by atoms with Crippen molar-refractivity contribution in [2.24, 2.45) is 5.92 Å². The Morgan fingerprint density at radius 1 is 0.739 bits per heavy atom. The van der Waals surface area contributed by atoms with Crippen molar-refractivity contribution in [1.82, 2.24) is 18.4 Å². The van der Waals surface area contributed by atoms with Crippen LogP contribution in [0.15, 0.2) is 0 Å². The molecule has 134 valence electrons. The SMILES string of the molecule is CC1CCN(S(=O)(=O)N2CCC(N3CCN(C)CC3)CC2)CC1. The van der Waals surface area contributed by atoms with E-state index in [0.29, 0.717) is 38.1 Å². The van der Waals surface area contributed by atoms with Gasteiger partial charge in [0.1, 0.15) is 0 Å². The number of nitrogens with zero attached hydrogens (tertiary/aromatic N) is 4. The Labute approximate surface area is 141 Å². The standard InChI is InChI=1S/C16H32N4O2S/c1-15-3-7-19(8-4-15)23(21,22)20-9-5-16(6-10-20)18-13-11-17(2)12-14-18/h15-16H,3-14H2,1-2H3. The van der Waals surface area contributed by atoms with Crippen molar-refractivity contribution in [3.05, 3.63) is 0 Å². The Kier molecular flexibility index (Phi) is 5.63. The van der Waals surface area contributed by atoms with E-state index in [1.54, 1.807) is 8.61 Å². The maximum Gasteiger partial charge on any atom is 0.281 e. The van der Waals surface area contributed by atoms with Crippen molar-refractivity contribution >= 4 is 10.2 Å².